The van der Waals surface area contributed by atoms with Gasteiger partial charge in [0.15, 0.2) is 0 Å². The Morgan fingerprint density at radius 3 is 2.75 bits per heavy atom. The van der Waals surface area contributed by atoms with E-state index in [0.29, 0.717) is 23.7 Å². The van der Waals surface area contributed by atoms with E-state index in [1.54, 1.807) is 12.1 Å². The van der Waals surface area contributed by atoms with Gasteiger partial charge < -0.3 is 5.73 Å². The summed E-state index contributed by atoms with van der Waals surface area (Å²) in [7, 11) is 0. The molecule has 0 saturated carbocycles. The van der Waals surface area contributed by atoms with Crippen molar-refractivity contribution in [3.8, 4) is 6.07 Å². The Hall–Kier alpha value is -1.83. The van der Waals surface area contributed by atoms with Crippen LogP contribution in [0.1, 0.15) is 28.1 Å². The fraction of sp³-hybridized carbons (Fsp3) is 0.333. The molecule has 0 saturated heterocycles. The molecular formula is C15H17ClN4. The molecule has 2 rings (SSSR count). The van der Waals surface area contributed by atoms with Gasteiger partial charge in [0.1, 0.15) is 0 Å². The van der Waals surface area contributed by atoms with E-state index in [4.69, 9.17) is 22.6 Å². The van der Waals surface area contributed by atoms with Gasteiger partial charge in [0.05, 0.1) is 23.9 Å². The first-order chi connectivity index (χ1) is 9.56. The van der Waals surface area contributed by atoms with Gasteiger partial charge in [0.2, 0.25) is 0 Å². The quantitative estimate of drug-likeness (QED) is 0.940. The maximum absolute atomic E-state index is 8.85. The lowest BCUT2D eigenvalue weighted by Crippen LogP contribution is -2.07. The fourth-order valence-electron chi connectivity index (χ4n) is 2.30. The van der Waals surface area contributed by atoms with E-state index in [1.807, 2.05) is 24.6 Å². The van der Waals surface area contributed by atoms with Gasteiger partial charge in [0, 0.05) is 10.7 Å². The molecule has 2 N–H and O–H groups in total. The van der Waals surface area contributed by atoms with E-state index in [-0.39, 0.29) is 0 Å². The highest BCUT2D eigenvalue weighted by atomic mass is 35.5. The number of aryl methyl sites for hydroxylation is 1. The van der Waals surface area contributed by atoms with E-state index in [2.05, 4.69) is 11.2 Å². The predicted octanol–water partition coefficient (Wildman–Crippen LogP) is 2.57. The van der Waals surface area contributed by atoms with Crippen LogP contribution in [-0.2, 0) is 13.0 Å². The molecule has 0 aliphatic rings. The van der Waals surface area contributed by atoms with Crippen molar-refractivity contribution < 1.29 is 0 Å². The fourth-order valence-corrected chi connectivity index (χ4v) is 2.54. The standard InChI is InChI=1S/C15H17ClN4/c1-10-14(5-6-17)11(2)20(19-10)9-13-4-3-12(8-18)7-15(13)16/h3-4,7H,5-6,9,17H2,1-2H3. The molecule has 0 radical (unpaired) electrons. The lowest BCUT2D eigenvalue weighted by molar-refractivity contribution is 0.658. The molecule has 2 aromatic rings. The summed E-state index contributed by atoms with van der Waals surface area (Å²) in [6, 6.07) is 7.41. The van der Waals surface area contributed by atoms with Gasteiger partial charge in [-0.3, -0.25) is 4.68 Å². The molecule has 1 aromatic heterocycles. The van der Waals surface area contributed by atoms with Crippen LogP contribution in [0.5, 0.6) is 0 Å². The lowest BCUT2D eigenvalue weighted by atomic mass is 10.1. The first-order valence-corrected chi connectivity index (χ1v) is 6.86. The molecule has 4 nitrogen and oxygen atoms in total. The molecule has 0 aliphatic heterocycles. The second-order valence-corrected chi connectivity index (χ2v) is 5.17. The van der Waals surface area contributed by atoms with Crippen molar-refractivity contribution in [3.63, 3.8) is 0 Å². The summed E-state index contributed by atoms with van der Waals surface area (Å²) in [6.45, 7) is 5.25. The van der Waals surface area contributed by atoms with E-state index in [0.717, 1.165) is 23.4 Å². The van der Waals surface area contributed by atoms with E-state index in [1.165, 1.54) is 5.56 Å². The van der Waals surface area contributed by atoms with Crippen LogP contribution in [-0.4, -0.2) is 16.3 Å². The molecule has 104 valence electrons. The number of hydrogen-bond donors (Lipinski definition) is 1. The Morgan fingerprint density at radius 2 is 2.15 bits per heavy atom. The van der Waals surface area contributed by atoms with Crippen molar-refractivity contribution in [1.29, 1.82) is 5.26 Å². The average Bonchev–Trinajstić information content (AvgIpc) is 2.69. The molecule has 0 amide bonds. The zero-order chi connectivity index (χ0) is 14.7. The van der Waals surface area contributed by atoms with Crippen LogP contribution in [0.15, 0.2) is 18.2 Å². The monoisotopic (exact) mass is 288 g/mol. The SMILES string of the molecule is Cc1nn(Cc2ccc(C#N)cc2Cl)c(C)c1CCN. The summed E-state index contributed by atoms with van der Waals surface area (Å²) in [5.41, 5.74) is 10.5. The smallest absolute Gasteiger partial charge is 0.0992 e. The van der Waals surface area contributed by atoms with Crippen LogP contribution in [0.4, 0.5) is 0 Å². The first-order valence-electron chi connectivity index (χ1n) is 6.48. The van der Waals surface area contributed by atoms with Crippen LogP contribution >= 0.6 is 11.6 Å². The summed E-state index contributed by atoms with van der Waals surface area (Å²) >= 11 is 6.21. The van der Waals surface area contributed by atoms with Gasteiger partial charge in [-0.05, 0) is 50.1 Å². The largest absolute Gasteiger partial charge is 0.330 e. The Bertz CT molecular complexity index is 667. The Morgan fingerprint density at radius 1 is 1.40 bits per heavy atom. The van der Waals surface area contributed by atoms with Gasteiger partial charge in [-0.15, -0.1) is 0 Å². The van der Waals surface area contributed by atoms with Gasteiger partial charge in [0.25, 0.3) is 0 Å². The minimum atomic E-state index is 0.566. The summed E-state index contributed by atoms with van der Waals surface area (Å²) < 4.78 is 1.94. The number of nitriles is 1. The minimum absolute atomic E-state index is 0.566. The molecule has 0 atom stereocenters. The van der Waals surface area contributed by atoms with Crippen LogP contribution in [0.2, 0.25) is 5.02 Å². The van der Waals surface area contributed by atoms with Gasteiger partial charge in [-0.1, -0.05) is 17.7 Å². The molecule has 0 fully saturated rings. The number of nitrogens with zero attached hydrogens (tertiary/aromatic N) is 3. The highest BCUT2D eigenvalue weighted by Gasteiger charge is 2.12. The van der Waals surface area contributed by atoms with Crippen LogP contribution in [0.3, 0.4) is 0 Å². The normalized spacial score (nSPS) is 10.6. The van der Waals surface area contributed by atoms with Gasteiger partial charge in [-0.2, -0.15) is 10.4 Å². The van der Waals surface area contributed by atoms with Gasteiger partial charge in [-0.25, -0.2) is 0 Å². The summed E-state index contributed by atoms with van der Waals surface area (Å²) in [4.78, 5) is 0. The third-order valence-corrected chi connectivity index (χ3v) is 3.78. The number of benzene rings is 1. The average molecular weight is 289 g/mol. The van der Waals surface area contributed by atoms with Crippen molar-refractivity contribution in [3.05, 3.63) is 51.3 Å². The zero-order valence-electron chi connectivity index (χ0n) is 11.7. The molecule has 0 bridgehead atoms. The number of rotatable bonds is 4. The molecule has 0 unspecified atom stereocenters. The van der Waals surface area contributed by atoms with Crippen LogP contribution in [0.25, 0.3) is 0 Å². The number of halogens is 1. The summed E-state index contributed by atoms with van der Waals surface area (Å²) in [5, 5.41) is 14.0. The third kappa shape index (κ3) is 2.84. The van der Waals surface area contributed by atoms with Crippen molar-refractivity contribution in [2.75, 3.05) is 6.54 Å². The molecule has 0 aliphatic carbocycles. The van der Waals surface area contributed by atoms with Crippen LogP contribution in [0, 0.1) is 25.2 Å². The minimum Gasteiger partial charge on any atom is -0.330 e. The molecule has 1 heterocycles. The van der Waals surface area contributed by atoms with E-state index < -0.39 is 0 Å². The zero-order valence-corrected chi connectivity index (χ0v) is 12.4. The molecule has 1 aromatic carbocycles. The molecule has 20 heavy (non-hydrogen) atoms. The number of aromatic nitrogens is 2. The van der Waals surface area contributed by atoms with Crippen molar-refractivity contribution >= 4 is 11.6 Å². The molecular weight excluding hydrogens is 272 g/mol. The van der Waals surface area contributed by atoms with E-state index in [9.17, 15) is 0 Å². The number of nitrogens with two attached hydrogens (primary N) is 1. The summed E-state index contributed by atoms with van der Waals surface area (Å²) in [5.74, 6) is 0. The topological polar surface area (TPSA) is 67.6 Å². The lowest BCUT2D eigenvalue weighted by Gasteiger charge is -2.07. The van der Waals surface area contributed by atoms with Crippen molar-refractivity contribution in [2.45, 2.75) is 26.8 Å². The maximum Gasteiger partial charge on any atom is 0.0992 e. The van der Waals surface area contributed by atoms with Crippen molar-refractivity contribution in [2.24, 2.45) is 5.73 Å². The maximum atomic E-state index is 8.85. The second kappa shape index (κ2) is 6.08. The number of hydrogen-bond acceptors (Lipinski definition) is 3. The Labute approximate surface area is 123 Å². The third-order valence-electron chi connectivity index (χ3n) is 3.43. The molecule has 5 heteroatoms. The highest BCUT2D eigenvalue weighted by Crippen LogP contribution is 2.21. The Balaban J connectivity index is 2.31. The first kappa shape index (κ1) is 14.6. The summed E-state index contributed by atoms with van der Waals surface area (Å²) in [6.07, 6.45) is 0.832. The highest BCUT2D eigenvalue weighted by molar-refractivity contribution is 6.31. The second-order valence-electron chi connectivity index (χ2n) is 4.76. The Kier molecular flexibility index (Phi) is 4.43. The van der Waals surface area contributed by atoms with Crippen LogP contribution < -0.4 is 5.73 Å². The molecule has 0 spiro atoms. The van der Waals surface area contributed by atoms with Crippen molar-refractivity contribution in [1.82, 2.24) is 9.78 Å². The van der Waals surface area contributed by atoms with E-state index >= 15 is 0 Å². The predicted molar refractivity (Wildman–Crippen MR) is 79.7 cm³/mol. The van der Waals surface area contributed by atoms with Gasteiger partial charge >= 0.3 is 0 Å².